The molecule has 21 heavy (non-hydrogen) atoms. The molecule has 120 valence electrons. The third-order valence-electron chi connectivity index (χ3n) is 3.66. The molecule has 8 nitrogen and oxygen atoms in total. The summed E-state index contributed by atoms with van der Waals surface area (Å²) in [5.41, 5.74) is 5.29. The van der Waals surface area contributed by atoms with E-state index >= 15 is 0 Å². The van der Waals surface area contributed by atoms with Crippen LogP contribution in [0.3, 0.4) is 0 Å². The van der Waals surface area contributed by atoms with E-state index in [1.807, 2.05) is 0 Å². The SMILES string of the molecule is COC1(c2noc(C(N)CCS(C)(=O)=O)n2)CCOCC1. The fraction of sp³-hybridized carbons (Fsp3) is 0.833. The standard InChI is InChI=1S/C12H21N3O5S/c1-18-12(4-6-19-7-5-12)11-14-10(20-15-11)9(13)3-8-21(2,16)17/h9H,3-8,13H2,1-2H3. The van der Waals surface area contributed by atoms with Crippen LogP contribution in [-0.4, -0.2) is 50.9 Å². The molecule has 1 aliphatic heterocycles. The van der Waals surface area contributed by atoms with Crippen molar-refractivity contribution in [1.82, 2.24) is 10.1 Å². The van der Waals surface area contributed by atoms with Crippen LogP contribution < -0.4 is 5.73 Å². The summed E-state index contributed by atoms with van der Waals surface area (Å²) in [7, 11) is -1.47. The Morgan fingerprint density at radius 2 is 2.10 bits per heavy atom. The molecule has 2 N–H and O–H groups in total. The predicted molar refractivity (Wildman–Crippen MR) is 74.3 cm³/mol. The van der Waals surface area contributed by atoms with Gasteiger partial charge in [0.25, 0.3) is 0 Å². The molecule has 1 atom stereocenters. The third kappa shape index (κ3) is 4.00. The third-order valence-corrected chi connectivity index (χ3v) is 4.63. The highest BCUT2D eigenvalue weighted by Gasteiger charge is 2.39. The topological polar surface area (TPSA) is 118 Å². The molecule has 0 bridgehead atoms. The molecule has 0 aromatic carbocycles. The summed E-state index contributed by atoms with van der Waals surface area (Å²) in [6, 6.07) is -0.602. The maximum atomic E-state index is 11.2. The number of nitrogens with two attached hydrogens (primary N) is 1. The maximum absolute atomic E-state index is 11.2. The van der Waals surface area contributed by atoms with Gasteiger partial charge in [-0.05, 0) is 6.42 Å². The molecule has 0 aliphatic carbocycles. The molecule has 0 saturated carbocycles. The highest BCUT2D eigenvalue weighted by atomic mass is 32.2. The van der Waals surface area contributed by atoms with Gasteiger partial charge in [-0.2, -0.15) is 4.98 Å². The number of sulfone groups is 1. The fourth-order valence-electron chi connectivity index (χ4n) is 2.26. The van der Waals surface area contributed by atoms with Crippen molar-refractivity contribution in [2.24, 2.45) is 5.73 Å². The summed E-state index contributed by atoms with van der Waals surface area (Å²) in [4.78, 5) is 4.30. The number of hydrogen-bond donors (Lipinski definition) is 1. The minimum Gasteiger partial charge on any atom is -0.381 e. The minimum absolute atomic E-state index is 0.0187. The van der Waals surface area contributed by atoms with Crippen molar-refractivity contribution in [3.05, 3.63) is 11.7 Å². The first-order valence-electron chi connectivity index (χ1n) is 6.76. The zero-order chi connectivity index (χ0) is 15.5. The predicted octanol–water partition coefficient (Wildman–Crippen LogP) is 0.156. The second-order valence-electron chi connectivity index (χ2n) is 5.29. The monoisotopic (exact) mass is 319 g/mol. The zero-order valence-electron chi connectivity index (χ0n) is 12.2. The van der Waals surface area contributed by atoms with E-state index in [0.29, 0.717) is 31.9 Å². The molecule has 1 aromatic heterocycles. The van der Waals surface area contributed by atoms with E-state index in [-0.39, 0.29) is 18.1 Å². The van der Waals surface area contributed by atoms with Crippen LogP contribution in [0.1, 0.15) is 37.0 Å². The van der Waals surface area contributed by atoms with Gasteiger partial charge in [0.15, 0.2) is 0 Å². The van der Waals surface area contributed by atoms with E-state index in [4.69, 9.17) is 19.7 Å². The first-order chi connectivity index (χ1) is 9.86. The van der Waals surface area contributed by atoms with Gasteiger partial charge in [-0.25, -0.2) is 8.42 Å². The summed E-state index contributed by atoms with van der Waals surface area (Å²) in [5, 5.41) is 3.95. The number of ether oxygens (including phenoxy) is 2. The van der Waals surface area contributed by atoms with Crippen LogP contribution in [-0.2, 0) is 24.9 Å². The van der Waals surface area contributed by atoms with Gasteiger partial charge in [-0.15, -0.1) is 0 Å². The van der Waals surface area contributed by atoms with Crippen LogP contribution in [0.25, 0.3) is 0 Å². The second-order valence-corrected chi connectivity index (χ2v) is 7.55. The summed E-state index contributed by atoms with van der Waals surface area (Å²) >= 11 is 0. The minimum atomic E-state index is -3.07. The summed E-state index contributed by atoms with van der Waals surface area (Å²) in [5.74, 6) is 0.657. The number of hydrogen-bond acceptors (Lipinski definition) is 8. The van der Waals surface area contributed by atoms with Crippen molar-refractivity contribution in [3.8, 4) is 0 Å². The molecule has 0 radical (unpaired) electrons. The van der Waals surface area contributed by atoms with E-state index in [0.717, 1.165) is 0 Å². The smallest absolute Gasteiger partial charge is 0.243 e. The van der Waals surface area contributed by atoms with Gasteiger partial charge < -0.3 is 19.7 Å². The largest absolute Gasteiger partial charge is 0.381 e. The molecule has 2 heterocycles. The van der Waals surface area contributed by atoms with Crippen molar-refractivity contribution < 1.29 is 22.4 Å². The molecule has 1 unspecified atom stereocenters. The summed E-state index contributed by atoms with van der Waals surface area (Å²) in [6.07, 6.45) is 2.69. The molecule has 1 aromatic rings. The van der Waals surface area contributed by atoms with Crippen molar-refractivity contribution in [2.75, 3.05) is 32.3 Å². The molecular formula is C12H21N3O5S. The van der Waals surface area contributed by atoms with Crippen molar-refractivity contribution in [3.63, 3.8) is 0 Å². The normalized spacial score (nSPS) is 20.3. The van der Waals surface area contributed by atoms with Gasteiger partial charge in [0.05, 0.1) is 11.8 Å². The molecule has 2 rings (SSSR count). The molecular weight excluding hydrogens is 298 g/mol. The van der Waals surface area contributed by atoms with Crippen LogP contribution in [0.2, 0.25) is 0 Å². The quantitative estimate of drug-likeness (QED) is 0.787. The van der Waals surface area contributed by atoms with Crippen molar-refractivity contribution >= 4 is 9.84 Å². The van der Waals surface area contributed by atoms with Gasteiger partial charge in [0, 0.05) is 39.4 Å². The first-order valence-corrected chi connectivity index (χ1v) is 8.83. The second kappa shape index (κ2) is 6.39. The van der Waals surface area contributed by atoms with Gasteiger partial charge in [0.1, 0.15) is 15.4 Å². The number of methoxy groups -OCH3 is 1. The number of nitrogens with zero attached hydrogens (tertiary/aromatic N) is 2. The molecule has 1 fully saturated rings. The molecule has 0 spiro atoms. The lowest BCUT2D eigenvalue weighted by atomic mass is 9.93. The Bertz CT molecular complexity index is 565. The van der Waals surface area contributed by atoms with Gasteiger partial charge in [-0.3, -0.25) is 0 Å². The van der Waals surface area contributed by atoms with E-state index in [1.54, 1.807) is 7.11 Å². The molecule has 1 aliphatic rings. The fourth-order valence-corrected chi connectivity index (χ4v) is 2.94. The molecule has 9 heteroatoms. The lowest BCUT2D eigenvalue weighted by Crippen LogP contribution is -2.36. The highest BCUT2D eigenvalue weighted by Crippen LogP contribution is 2.34. The van der Waals surface area contributed by atoms with Gasteiger partial charge >= 0.3 is 0 Å². The first kappa shape index (κ1) is 16.3. The number of rotatable bonds is 6. The van der Waals surface area contributed by atoms with Crippen molar-refractivity contribution in [2.45, 2.75) is 30.9 Å². The van der Waals surface area contributed by atoms with E-state index in [2.05, 4.69) is 10.1 Å². The van der Waals surface area contributed by atoms with Crippen LogP contribution in [0.4, 0.5) is 0 Å². The summed E-state index contributed by atoms with van der Waals surface area (Å²) < 4.78 is 38.4. The van der Waals surface area contributed by atoms with Crippen molar-refractivity contribution in [1.29, 1.82) is 0 Å². The van der Waals surface area contributed by atoms with E-state index < -0.39 is 21.5 Å². The molecule has 0 amide bonds. The Kier molecular flexibility index (Phi) is 4.97. The van der Waals surface area contributed by atoms with Gasteiger partial charge in [0.2, 0.25) is 11.7 Å². The van der Waals surface area contributed by atoms with Crippen LogP contribution >= 0.6 is 0 Å². The Labute approximate surface area is 123 Å². The Morgan fingerprint density at radius 1 is 1.43 bits per heavy atom. The lowest BCUT2D eigenvalue weighted by molar-refractivity contribution is -0.101. The average Bonchev–Trinajstić information content (AvgIpc) is 2.95. The molecule has 1 saturated heterocycles. The van der Waals surface area contributed by atoms with Crippen LogP contribution in [0.5, 0.6) is 0 Å². The Morgan fingerprint density at radius 3 is 2.67 bits per heavy atom. The average molecular weight is 319 g/mol. The van der Waals surface area contributed by atoms with E-state index in [9.17, 15) is 8.42 Å². The highest BCUT2D eigenvalue weighted by molar-refractivity contribution is 7.90. The number of aromatic nitrogens is 2. The van der Waals surface area contributed by atoms with Gasteiger partial charge in [-0.1, -0.05) is 5.16 Å². The maximum Gasteiger partial charge on any atom is 0.243 e. The van der Waals surface area contributed by atoms with Crippen LogP contribution in [0.15, 0.2) is 4.52 Å². The Hall–Kier alpha value is -1.03. The Balaban J connectivity index is 2.09. The zero-order valence-corrected chi connectivity index (χ0v) is 13.1. The lowest BCUT2D eigenvalue weighted by Gasteiger charge is -2.32. The summed E-state index contributed by atoms with van der Waals surface area (Å²) in [6.45, 7) is 1.13. The van der Waals surface area contributed by atoms with E-state index in [1.165, 1.54) is 6.26 Å². The van der Waals surface area contributed by atoms with Crippen LogP contribution in [0, 0.1) is 0 Å².